The van der Waals surface area contributed by atoms with Crippen molar-refractivity contribution in [1.82, 2.24) is 10.2 Å². The first-order valence-corrected chi connectivity index (χ1v) is 10.2. The van der Waals surface area contributed by atoms with Gasteiger partial charge in [-0.05, 0) is 53.4 Å². The number of piperidine rings is 1. The quantitative estimate of drug-likeness (QED) is 0.397. The zero-order valence-corrected chi connectivity index (χ0v) is 17.5. The van der Waals surface area contributed by atoms with Crippen molar-refractivity contribution in [3.8, 4) is 0 Å². The number of nitro groups is 1. The third kappa shape index (κ3) is 4.91. The molecule has 0 bridgehead atoms. The number of likely N-dealkylation sites (tertiary alicyclic amines) is 1. The minimum atomic E-state index is -0.626. The molecule has 0 atom stereocenters. The molecule has 0 spiro atoms. The molecular formula is C21H19BrFN3O4. The summed E-state index contributed by atoms with van der Waals surface area (Å²) in [6, 6.07) is 10.9. The summed E-state index contributed by atoms with van der Waals surface area (Å²) in [5, 5.41) is 13.4. The number of benzene rings is 2. The second kappa shape index (κ2) is 9.62. The van der Waals surface area contributed by atoms with Crippen molar-refractivity contribution in [2.45, 2.75) is 19.3 Å². The van der Waals surface area contributed by atoms with E-state index in [2.05, 4.69) is 21.2 Å². The van der Waals surface area contributed by atoms with E-state index in [1.807, 2.05) is 0 Å². The molecule has 1 aliphatic heterocycles. The van der Waals surface area contributed by atoms with Gasteiger partial charge < -0.3 is 10.2 Å². The Balaban J connectivity index is 1.95. The van der Waals surface area contributed by atoms with Crippen LogP contribution in [-0.4, -0.2) is 34.7 Å². The summed E-state index contributed by atoms with van der Waals surface area (Å²) in [6.45, 7) is 1.10. The maximum Gasteiger partial charge on any atom is 0.271 e. The molecule has 1 N–H and O–H groups in total. The second-order valence-electron chi connectivity index (χ2n) is 6.78. The van der Waals surface area contributed by atoms with Gasteiger partial charge in [-0.3, -0.25) is 19.7 Å². The fraction of sp³-hybridized carbons (Fsp3) is 0.238. The number of nitrogens with one attached hydrogen (secondary N) is 1. The SMILES string of the molecule is O=C(N/C(C(=O)N1CCCCC1)=C(/Br)c1ccccc1F)c1ccc([N+](=O)[O-])cc1. The summed E-state index contributed by atoms with van der Waals surface area (Å²) in [4.78, 5) is 37.8. The molecule has 1 heterocycles. The third-order valence-corrected chi connectivity index (χ3v) is 5.59. The number of amides is 2. The number of nitrogens with zero attached hydrogens (tertiary/aromatic N) is 2. The predicted octanol–water partition coefficient (Wildman–Crippen LogP) is 4.24. The van der Waals surface area contributed by atoms with Crippen LogP contribution < -0.4 is 5.32 Å². The Morgan fingerprint density at radius 1 is 1.03 bits per heavy atom. The van der Waals surface area contributed by atoms with Gasteiger partial charge >= 0.3 is 0 Å². The molecule has 0 unspecified atom stereocenters. The van der Waals surface area contributed by atoms with Crippen molar-refractivity contribution < 1.29 is 18.9 Å². The minimum absolute atomic E-state index is 0.0784. The fourth-order valence-electron chi connectivity index (χ4n) is 3.15. The Morgan fingerprint density at radius 3 is 2.27 bits per heavy atom. The van der Waals surface area contributed by atoms with Crippen LogP contribution in [0.25, 0.3) is 4.48 Å². The lowest BCUT2D eigenvalue weighted by Crippen LogP contribution is -2.41. The minimum Gasteiger partial charge on any atom is -0.337 e. The van der Waals surface area contributed by atoms with E-state index < -0.39 is 22.6 Å². The zero-order chi connectivity index (χ0) is 21.7. The van der Waals surface area contributed by atoms with Crippen molar-refractivity contribution in [3.05, 3.63) is 81.3 Å². The predicted molar refractivity (Wildman–Crippen MR) is 113 cm³/mol. The summed E-state index contributed by atoms with van der Waals surface area (Å²) in [5.41, 5.74) is 0.0461. The average Bonchev–Trinajstić information content (AvgIpc) is 2.77. The molecule has 2 aromatic rings. The summed E-state index contributed by atoms with van der Waals surface area (Å²) in [7, 11) is 0. The number of hydrogen-bond acceptors (Lipinski definition) is 4. The fourth-order valence-corrected chi connectivity index (χ4v) is 3.74. The summed E-state index contributed by atoms with van der Waals surface area (Å²) in [6.07, 6.45) is 2.73. The lowest BCUT2D eigenvalue weighted by Gasteiger charge is -2.28. The molecule has 1 aliphatic rings. The van der Waals surface area contributed by atoms with Crippen LogP contribution >= 0.6 is 15.9 Å². The second-order valence-corrected chi connectivity index (χ2v) is 7.57. The van der Waals surface area contributed by atoms with Gasteiger partial charge in [0.05, 0.1) is 9.41 Å². The lowest BCUT2D eigenvalue weighted by atomic mass is 10.1. The monoisotopic (exact) mass is 475 g/mol. The molecule has 0 radical (unpaired) electrons. The molecule has 0 saturated carbocycles. The highest BCUT2D eigenvalue weighted by molar-refractivity contribution is 9.15. The van der Waals surface area contributed by atoms with E-state index in [4.69, 9.17) is 0 Å². The maximum absolute atomic E-state index is 14.3. The van der Waals surface area contributed by atoms with Crippen LogP contribution in [0.15, 0.2) is 54.2 Å². The van der Waals surface area contributed by atoms with Crippen LogP contribution in [-0.2, 0) is 4.79 Å². The molecule has 0 aliphatic carbocycles. The number of non-ortho nitro benzene ring substituents is 1. The van der Waals surface area contributed by atoms with Crippen LogP contribution in [0.4, 0.5) is 10.1 Å². The Morgan fingerprint density at radius 2 is 1.67 bits per heavy atom. The van der Waals surface area contributed by atoms with Crippen molar-refractivity contribution in [2.24, 2.45) is 0 Å². The van der Waals surface area contributed by atoms with E-state index in [1.165, 1.54) is 42.5 Å². The van der Waals surface area contributed by atoms with Crippen molar-refractivity contribution in [2.75, 3.05) is 13.1 Å². The molecular weight excluding hydrogens is 457 g/mol. The summed E-state index contributed by atoms with van der Waals surface area (Å²) < 4.78 is 14.5. The van der Waals surface area contributed by atoms with Gasteiger partial charge in [0.15, 0.2) is 0 Å². The molecule has 0 aromatic heterocycles. The molecule has 156 valence electrons. The topological polar surface area (TPSA) is 92.6 Å². The lowest BCUT2D eigenvalue weighted by molar-refractivity contribution is -0.384. The van der Waals surface area contributed by atoms with Crippen molar-refractivity contribution in [1.29, 1.82) is 0 Å². The van der Waals surface area contributed by atoms with Gasteiger partial charge in [0, 0.05) is 36.3 Å². The van der Waals surface area contributed by atoms with Gasteiger partial charge in [-0.1, -0.05) is 18.2 Å². The highest BCUT2D eigenvalue weighted by Gasteiger charge is 2.26. The van der Waals surface area contributed by atoms with Crippen molar-refractivity contribution in [3.63, 3.8) is 0 Å². The number of nitro benzene ring substituents is 1. The standard InChI is InChI=1S/C21H19BrFN3O4/c22-18(16-6-2-3-7-17(16)23)19(21(28)25-12-4-1-5-13-25)24-20(27)14-8-10-15(11-9-14)26(29)30/h2-3,6-11H,1,4-5,12-13H2,(H,24,27)/b19-18+. The molecule has 9 heteroatoms. The van der Waals surface area contributed by atoms with E-state index in [0.717, 1.165) is 19.3 Å². The van der Waals surface area contributed by atoms with Gasteiger partial charge in [0.2, 0.25) is 0 Å². The first-order valence-electron chi connectivity index (χ1n) is 9.38. The molecule has 2 aromatic carbocycles. The van der Waals surface area contributed by atoms with E-state index in [9.17, 15) is 24.1 Å². The van der Waals surface area contributed by atoms with Gasteiger partial charge in [-0.25, -0.2) is 4.39 Å². The number of carbonyl (C=O) groups excluding carboxylic acids is 2. The summed E-state index contributed by atoms with van der Waals surface area (Å²) >= 11 is 3.29. The van der Waals surface area contributed by atoms with Gasteiger partial charge in [0.25, 0.3) is 17.5 Å². The maximum atomic E-state index is 14.3. The third-order valence-electron chi connectivity index (χ3n) is 4.77. The molecule has 2 amide bonds. The van der Waals surface area contributed by atoms with E-state index in [-0.39, 0.29) is 27.0 Å². The van der Waals surface area contributed by atoms with Crippen molar-refractivity contribution >= 4 is 37.9 Å². The Kier molecular flexibility index (Phi) is 6.94. The van der Waals surface area contributed by atoms with E-state index in [1.54, 1.807) is 11.0 Å². The smallest absolute Gasteiger partial charge is 0.271 e. The Bertz CT molecular complexity index is 1000. The highest BCUT2D eigenvalue weighted by Crippen LogP contribution is 2.28. The first kappa shape index (κ1) is 21.6. The largest absolute Gasteiger partial charge is 0.337 e. The number of carbonyl (C=O) groups is 2. The normalized spacial score (nSPS) is 14.7. The molecule has 7 nitrogen and oxygen atoms in total. The zero-order valence-electron chi connectivity index (χ0n) is 15.9. The highest BCUT2D eigenvalue weighted by atomic mass is 79.9. The first-order chi connectivity index (χ1) is 14.4. The van der Waals surface area contributed by atoms with Gasteiger partial charge in [0.1, 0.15) is 11.5 Å². The molecule has 3 rings (SSSR count). The number of hydrogen-bond donors (Lipinski definition) is 1. The Labute approximate surface area is 180 Å². The van der Waals surface area contributed by atoms with Gasteiger partial charge in [-0.2, -0.15) is 0 Å². The van der Waals surface area contributed by atoms with Crippen LogP contribution in [0, 0.1) is 15.9 Å². The van der Waals surface area contributed by atoms with Crippen LogP contribution in [0.3, 0.4) is 0 Å². The molecule has 1 fully saturated rings. The molecule has 30 heavy (non-hydrogen) atoms. The Hall–Kier alpha value is -3.07. The van der Waals surface area contributed by atoms with E-state index >= 15 is 0 Å². The van der Waals surface area contributed by atoms with E-state index in [0.29, 0.717) is 13.1 Å². The van der Waals surface area contributed by atoms with Crippen LogP contribution in [0.2, 0.25) is 0 Å². The van der Waals surface area contributed by atoms with Crippen LogP contribution in [0.5, 0.6) is 0 Å². The summed E-state index contributed by atoms with van der Waals surface area (Å²) in [5.74, 6) is -1.59. The average molecular weight is 476 g/mol. The van der Waals surface area contributed by atoms with Crippen LogP contribution in [0.1, 0.15) is 35.2 Å². The number of rotatable bonds is 5. The molecule has 1 saturated heterocycles. The van der Waals surface area contributed by atoms with Gasteiger partial charge in [-0.15, -0.1) is 0 Å². The number of halogens is 2.